The largest absolute Gasteiger partial charge is 0.481 e. The lowest BCUT2D eigenvalue weighted by Gasteiger charge is -2.29. The van der Waals surface area contributed by atoms with Crippen molar-refractivity contribution in [2.45, 2.75) is 51.1 Å². The highest BCUT2D eigenvalue weighted by Gasteiger charge is 2.42. The number of carboxylic acid groups (broad SMARTS) is 1. The Morgan fingerprint density at radius 1 is 1.13 bits per heavy atom. The van der Waals surface area contributed by atoms with Crippen LogP contribution in [0.2, 0.25) is 0 Å². The Balaban J connectivity index is 0.000000399. The lowest BCUT2D eigenvalue weighted by molar-refractivity contribution is -0.146. The summed E-state index contributed by atoms with van der Waals surface area (Å²) >= 11 is 0. The molecule has 1 atom stereocenters. The van der Waals surface area contributed by atoms with Gasteiger partial charge in [0.05, 0.1) is 11.0 Å². The number of carboxylic acids is 1. The maximum Gasteiger partial charge on any atom is 0.416 e. The fraction of sp³-hybridized carbons (Fsp3) is 0.364. The molecule has 0 aromatic heterocycles. The van der Waals surface area contributed by atoms with E-state index in [-0.39, 0.29) is 12.0 Å². The van der Waals surface area contributed by atoms with Gasteiger partial charge >= 0.3 is 12.1 Å². The highest BCUT2D eigenvalue weighted by atomic mass is 19.4. The topological polar surface area (TPSA) is 87.2 Å². The number of nitrogen functional groups attached to an aromatic ring is 1. The maximum atomic E-state index is 12.7. The molecule has 31 heavy (non-hydrogen) atoms. The number of rotatable bonds is 7. The molecule has 9 heteroatoms. The smallest absolute Gasteiger partial charge is 0.416 e. The van der Waals surface area contributed by atoms with Crippen LogP contribution in [-0.4, -0.2) is 23.7 Å². The second-order valence-electron chi connectivity index (χ2n) is 7.03. The summed E-state index contributed by atoms with van der Waals surface area (Å²) in [5.41, 5.74) is 5.28. The predicted octanol–water partition coefficient (Wildman–Crippen LogP) is 6.06. The molecule has 0 aliphatic carbocycles. The van der Waals surface area contributed by atoms with Crippen LogP contribution >= 0.6 is 0 Å². The summed E-state index contributed by atoms with van der Waals surface area (Å²) in [5.74, 6) is -1.45. The van der Waals surface area contributed by atoms with E-state index in [1.165, 1.54) is 6.21 Å². The number of alkyl halides is 5. The first-order valence-electron chi connectivity index (χ1n) is 9.43. The van der Waals surface area contributed by atoms with Gasteiger partial charge in [-0.1, -0.05) is 37.6 Å². The zero-order chi connectivity index (χ0) is 23.8. The molecule has 0 heterocycles. The van der Waals surface area contributed by atoms with E-state index in [1.807, 2.05) is 19.1 Å². The Hall–Kier alpha value is -2.97. The van der Waals surface area contributed by atoms with Crippen LogP contribution in [0.3, 0.4) is 0 Å². The molecule has 4 nitrogen and oxygen atoms in total. The van der Waals surface area contributed by atoms with E-state index >= 15 is 0 Å². The minimum Gasteiger partial charge on any atom is -0.481 e. The molecule has 0 aliphatic heterocycles. The van der Waals surface area contributed by atoms with Crippen LogP contribution in [0, 0.1) is 12.3 Å². The van der Waals surface area contributed by atoms with Crippen molar-refractivity contribution in [3.8, 4) is 0 Å². The quantitative estimate of drug-likeness (QED) is 0.276. The third kappa shape index (κ3) is 6.77. The van der Waals surface area contributed by atoms with Gasteiger partial charge in [0.15, 0.2) is 0 Å². The van der Waals surface area contributed by atoms with E-state index in [2.05, 4.69) is 0 Å². The minimum absolute atomic E-state index is 0.0369. The van der Waals surface area contributed by atoms with Gasteiger partial charge < -0.3 is 16.2 Å². The molecule has 0 fully saturated rings. The second-order valence-corrected chi connectivity index (χ2v) is 7.03. The fourth-order valence-electron chi connectivity index (χ4n) is 3.25. The molecule has 0 bridgehead atoms. The number of anilines is 1. The minimum atomic E-state index is -4.56. The van der Waals surface area contributed by atoms with Gasteiger partial charge in [0.25, 0.3) is 0 Å². The zero-order valence-electron chi connectivity index (χ0n) is 17.1. The number of benzene rings is 2. The summed E-state index contributed by atoms with van der Waals surface area (Å²) < 4.78 is 62.9. The van der Waals surface area contributed by atoms with Gasteiger partial charge in [-0.05, 0) is 42.7 Å². The van der Waals surface area contributed by atoms with Crippen molar-refractivity contribution in [1.82, 2.24) is 0 Å². The van der Waals surface area contributed by atoms with Gasteiger partial charge in [0, 0.05) is 23.9 Å². The Kier molecular flexibility index (Phi) is 9.15. The van der Waals surface area contributed by atoms with Crippen molar-refractivity contribution < 1.29 is 31.9 Å². The molecule has 1 unspecified atom stereocenters. The molecular weight excluding hydrogens is 419 g/mol. The van der Waals surface area contributed by atoms with E-state index in [0.717, 1.165) is 23.3 Å². The van der Waals surface area contributed by atoms with Crippen LogP contribution in [0.1, 0.15) is 48.4 Å². The van der Waals surface area contributed by atoms with Crippen LogP contribution < -0.4 is 5.73 Å². The third-order valence-electron chi connectivity index (χ3n) is 4.86. The van der Waals surface area contributed by atoms with Gasteiger partial charge in [-0.2, -0.15) is 13.2 Å². The predicted molar refractivity (Wildman–Crippen MR) is 110 cm³/mol. The molecule has 2 rings (SSSR count). The van der Waals surface area contributed by atoms with Crippen LogP contribution in [-0.2, 0) is 16.4 Å². The number of nitrogens with one attached hydrogen (secondary N) is 1. The first-order chi connectivity index (χ1) is 14.4. The van der Waals surface area contributed by atoms with Crippen molar-refractivity contribution in [1.29, 1.82) is 5.41 Å². The number of hydrogen-bond donors (Lipinski definition) is 3. The lowest BCUT2D eigenvalue weighted by atomic mass is 9.74. The van der Waals surface area contributed by atoms with Crippen molar-refractivity contribution in [3.63, 3.8) is 0 Å². The molecule has 0 spiro atoms. The summed E-state index contributed by atoms with van der Waals surface area (Å²) in [6, 6.07) is 8.99. The first kappa shape index (κ1) is 26.1. The van der Waals surface area contributed by atoms with E-state index in [4.69, 9.17) is 11.1 Å². The Morgan fingerprint density at radius 2 is 1.68 bits per heavy atom. The molecule has 0 aliphatic rings. The molecule has 0 radical (unpaired) electrons. The highest BCUT2D eigenvalue weighted by Crippen LogP contribution is 2.38. The molecule has 0 saturated heterocycles. The van der Waals surface area contributed by atoms with Crippen molar-refractivity contribution in [2.75, 3.05) is 5.73 Å². The Morgan fingerprint density at radius 3 is 2.03 bits per heavy atom. The number of nitrogens with two attached hydrogens (primary N) is 1. The summed E-state index contributed by atoms with van der Waals surface area (Å²) in [7, 11) is 0. The SMILES string of the molecule is CCCC(CC(F)F)(C(=O)O)c1ccc(C(F)(F)F)cc1.Cc1cccc(N)c1C=N. The normalized spacial score (nSPS) is 13.2. The number of aliphatic carboxylic acids is 1. The Bertz CT molecular complexity index is 862. The number of halogens is 5. The van der Waals surface area contributed by atoms with Crippen LogP contribution in [0.25, 0.3) is 0 Å². The molecule has 0 amide bonds. The number of hydrogen-bond acceptors (Lipinski definition) is 3. The maximum absolute atomic E-state index is 12.7. The summed E-state index contributed by atoms with van der Waals surface area (Å²) in [6.45, 7) is 3.57. The van der Waals surface area contributed by atoms with E-state index in [1.54, 1.807) is 13.0 Å². The number of aryl methyl sites for hydroxylation is 1. The molecule has 170 valence electrons. The number of carbonyl (C=O) groups is 1. The average molecular weight is 444 g/mol. The molecule has 0 saturated carbocycles. The summed E-state index contributed by atoms with van der Waals surface area (Å²) in [4.78, 5) is 11.5. The highest BCUT2D eigenvalue weighted by molar-refractivity contribution is 5.86. The third-order valence-corrected chi connectivity index (χ3v) is 4.86. The summed E-state index contributed by atoms with van der Waals surface area (Å²) in [5, 5.41) is 16.4. The molecule has 2 aromatic rings. The van der Waals surface area contributed by atoms with Crippen LogP contribution in [0.5, 0.6) is 0 Å². The van der Waals surface area contributed by atoms with Gasteiger partial charge in [-0.15, -0.1) is 0 Å². The van der Waals surface area contributed by atoms with Gasteiger partial charge in [0.1, 0.15) is 0 Å². The van der Waals surface area contributed by atoms with Crippen LogP contribution in [0.4, 0.5) is 27.6 Å². The zero-order valence-corrected chi connectivity index (χ0v) is 17.1. The van der Waals surface area contributed by atoms with E-state index < -0.39 is 36.0 Å². The fourth-order valence-corrected chi connectivity index (χ4v) is 3.25. The van der Waals surface area contributed by atoms with E-state index in [0.29, 0.717) is 24.2 Å². The van der Waals surface area contributed by atoms with Crippen molar-refractivity contribution in [3.05, 3.63) is 64.7 Å². The van der Waals surface area contributed by atoms with Crippen LogP contribution in [0.15, 0.2) is 42.5 Å². The monoisotopic (exact) mass is 444 g/mol. The standard InChI is InChI=1S/C14H15F5O2.C8H10N2/c1-2-7-13(12(20)21,8-11(15)16)9-3-5-10(6-4-9)14(17,18)19;1-6-3-2-4-8(10)7(6)5-9/h3-6,11H,2,7-8H2,1H3,(H,20,21);2-5,9H,10H2,1H3. The molecular formula is C22H25F5N2O2. The molecule has 2 aromatic carbocycles. The van der Waals surface area contributed by atoms with Gasteiger partial charge in [0.2, 0.25) is 6.43 Å². The van der Waals surface area contributed by atoms with E-state index in [9.17, 15) is 31.9 Å². The van der Waals surface area contributed by atoms with Crippen molar-refractivity contribution >= 4 is 17.9 Å². The van der Waals surface area contributed by atoms with Gasteiger partial charge in [-0.3, -0.25) is 4.79 Å². The first-order valence-corrected chi connectivity index (χ1v) is 9.43. The molecule has 4 N–H and O–H groups in total. The van der Waals surface area contributed by atoms with Gasteiger partial charge in [-0.25, -0.2) is 8.78 Å². The summed E-state index contributed by atoms with van der Waals surface area (Å²) in [6.07, 6.45) is -6.82. The Labute approximate surface area is 177 Å². The second kappa shape index (κ2) is 10.9. The van der Waals surface area contributed by atoms with Crippen molar-refractivity contribution in [2.24, 2.45) is 0 Å². The average Bonchev–Trinajstić information content (AvgIpc) is 2.67. The lowest BCUT2D eigenvalue weighted by Crippen LogP contribution is -2.37.